The molecule has 5 nitrogen and oxygen atoms in total. The lowest BCUT2D eigenvalue weighted by Crippen LogP contribution is -2.34. The molecule has 1 heterocycles. The summed E-state index contributed by atoms with van der Waals surface area (Å²) in [6.45, 7) is 0. The number of benzene rings is 1. The molecule has 2 aromatic rings. The molecule has 0 spiro atoms. The van der Waals surface area contributed by atoms with E-state index in [1.807, 2.05) is 0 Å². The summed E-state index contributed by atoms with van der Waals surface area (Å²) in [6.07, 6.45) is 6.09. The maximum Gasteiger partial charge on any atom is 0.260 e. The van der Waals surface area contributed by atoms with Crippen LogP contribution in [0.2, 0.25) is 0 Å². The minimum Gasteiger partial charge on any atom is -0.365 e. The number of hydrogen-bond donors (Lipinski definition) is 3. The van der Waals surface area contributed by atoms with Crippen LogP contribution in [0, 0.1) is 5.82 Å². The van der Waals surface area contributed by atoms with Gasteiger partial charge in [0, 0.05) is 4.88 Å². The van der Waals surface area contributed by atoms with Crippen LogP contribution in [0.4, 0.5) is 9.39 Å². The van der Waals surface area contributed by atoms with Crippen molar-refractivity contribution in [1.29, 1.82) is 0 Å². The van der Waals surface area contributed by atoms with Gasteiger partial charge >= 0.3 is 0 Å². The number of nitrogens with one attached hydrogen (secondary N) is 2. The summed E-state index contributed by atoms with van der Waals surface area (Å²) in [7, 11) is 0. The number of carbonyl (C=O) groups excluding carboxylic acids is 2. The number of aryl methyl sites for hydroxylation is 1. The highest BCUT2D eigenvalue weighted by Gasteiger charge is 2.23. The molecule has 0 unspecified atom stereocenters. The third-order valence-electron chi connectivity index (χ3n) is 4.49. The summed E-state index contributed by atoms with van der Waals surface area (Å²) < 4.78 is 13.7. The number of primary amides is 1. The largest absolute Gasteiger partial charge is 0.365 e. The Balaban J connectivity index is 1.79. The number of rotatable bonds is 3. The van der Waals surface area contributed by atoms with E-state index in [2.05, 4.69) is 10.6 Å². The monoisotopic (exact) mass is 405 g/mol. The van der Waals surface area contributed by atoms with Crippen molar-refractivity contribution in [3.63, 3.8) is 0 Å². The fourth-order valence-corrected chi connectivity index (χ4v) is 4.78. The number of nitrogens with two attached hydrogens (primary N) is 1. The van der Waals surface area contributed by atoms with Gasteiger partial charge in [-0.2, -0.15) is 0 Å². The lowest BCUT2D eigenvalue weighted by molar-refractivity contribution is 0.0971. The van der Waals surface area contributed by atoms with Crippen molar-refractivity contribution < 1.29 is 14.0 Å². The molecule has 0 bridgehead atoms. The van der Waals surface area contributed by atoms with Gasteiger partial charge in [0.25, 0.3) is 11.8 Å². The average molecular weight is 406 g/mol. The number of anilines is 1. The molecule has 0 aliphatic heterocycles. The first kappa shape index (κ1) is 19.4. The van der Waals surface area contributed by atoms with Crippen molar-refractivity contribution in [1.82, 2.24) is 5.32 Å². The van der Waals surface area contributed by atoms with Gasteiger partial charge in [0.2, 0.25) is 0 Å². The number of hydrogen-bond acceptors (Lipinski definition) is 4. The minimum atomic E-state index is -0.652. The van der Waals surface area contributed by atoms with Crippen molar-refractivity contribution in [3.8, 4) is 0 Å². The summed E-state index contributed by atoms with van der Waals surface area (Å²) in [5, 5.41) is 5.89. The third-order valence-corrected chi connectivity index (χ3v) is 5.90. The van der Waals surface area contributed by atoms with E-state index >= 15 is 0 Å². The quantitative estimate of drug-likeness (QED) is 0.679. The first-order valence-electron chi connectivity index (χ1n) is 8.78. The molecule has 0 atom stereocenters. The van der Waals surface area contributed by atoms with Crippen LogP contribution < -0.4 is 16.4 Å². The standard InChI is InChI=1S/C19H20FN3O2S2/c20-13-9-6-5-7-11(13)17(25)22-19(26)23-18-15(16(21)24)12-8-3-1-2-4-10-14(12)27-18/h5-7,9H,1-4,8,10H2,(H2,21,24)(H2,22,23,25,26). The van der Waals surface area contributed by atoms with E-state index in [-0.39, 0.29) is 10.7 Å². The first-order valence-corrected chi connectivity index (χ1v) is 10.0. The highest BCUT2D eigenvalue weighted by atomic mass is 32.1. The van der Waals surface area contributed by atoms with Crippen molar-refractivity contribution in [2.24, 2.45) is 5.73 Å². The average Bonchev–Trinajstić information content (AvgIpc) is 2.91. The molecule has 1 aromatic carbocycles. The van der Waals surface area contributed by atoms with Gasteiger partial charge in [0.05, 0.1) is 11.1 Å². The molecule has 142 valence electrons. The molecule has 8 heteroatoms. The van der Waals surface area contributed by atoms with Gasteiger partial charge in [0.1, 0.15) is 10.8 Å². The maximum absolute atomic E-state index is 13.7. The number of halogens is 1. The number of carbonyl (C=O) groups is 2. The summed E-state index contributed by atoms with van der Waals surface area (Å²) >= 11 is 6.63. The van der Waals surface area contributed by atoms with Crippen molar-refractivity contribution >= 4 is 45.5 Å². The molecule has 0 saturated carbocycles. The van der Waals surface area contributed by atoms with Crippen LogP contribution in [0.15, 0.2) is 24.3 Å². The Kier molecular flexibility index (Phi) is 6.18. The van der Waals surface area contributed by atoms with E-state index in [0.717, 1.165) is 42.5 Å². The van der Waals surface area contributed by atoms with E-state index < -0.39 is 17.6 Å². The summed E-state index contributed by atoms with van der Waals surface area (Å²) in [4.78, 5) is 25.4. The lowest BCUT2D eigenvalue weighted by Gasteiger charge is -2.11. The second kappa shape index (κ2) is 8.58. The van der Waals surface area contributed by atoms with Crippen LogP contribution in [-0.4, -0.2) is 16.9 Å². The Hall–Kier alpha value is -2.32. The van der Waals surface area contributed by atoms with Crippen molar-refractivity contribution in [2.45, 2.75) is 38.5 Å². The minimum absolute atomic E-state index is 0.0000231. The molecular formula is C19H20FN3O2S2. The SMILES string of the molecule is NC(=O)c1c(NC(=S)NC(=O)c2ccccc2F)sc2c1CCCCCC2. The molecule has 2 amide bonds. The molecule has 1 aliphatic rings. The molecule has 1 aromatic heterocycles. The zero-order valence-corrected chi connectivity index (χ0v) is 16.3. The molecule has 1 aliphatic carbocycles. The highest BCUT2D eigenvalue weighted by molar-refractivity contribution is 7.80. The Morgan fingerprint density at radius 3 is 2.52 bits per heavy atom. The van der Waals surface area contributed by atoms with Crippen LogP contribution in [0.25, 0.3) is 0 Å². The number of amides is 2. The summed E-state index contributed by atoms with van der Waals surface area (Å²) in [6, 6.07) is 5.65. The van der Waals surface area contributed by atoms with Crippen LogP contribution in [0.5, 0.6) is 0 Å². The smallest absolute Gasteiger partial charge is 0.260 e. The van der Waals surface area contributed by atoms with Crippen molar-refractivity contribution in [2.75, 3.05) is 5.32 Å². The Morgan fingerprint density at radius 1 is 1.11 bits per heavy atom. The molecule has 0 saturated heterocycles. The first-order chi connectivity index (χ1) is 13.0. The third kappa shape index (κ3) is 4.51. The number of thiophene rings is 1. The van der Waals surface area contributed by atoms with E-state index in [1.165, 1.54) is 36.0 Å². The van der Waals surface area contributed by atoms with Crippen LogP contribution in [-0.2, 0) is 12.8 Å². The van der Waals surface area contributed by atoms with Gasteiger partial charge in [-0.3, -0.25) is 14.9 Å². The summed E-state index contributed by atoms with van der Waals surface area (Å²) in [5.41, 5.74) is 6.94. The number of thiocarbonyl (C=S) groups is 1. The van der Waals surface area contributed by atoms with E-state index in [9.17, 15) is 14.0 Å². The normalized spacial score (nSPS) is 13.8. The van der Waals surface area contributed by atoms with Gasteiger partial charge in [-0.05, 0) is 55.6 Å². The van der Waals surface area contributed by atoms with E-state index in [4.69, 9.17) is 18.0 Å². The second-order valence-corrected chi connectivity index (χ2v) is 7.89. The van der Waals surface area contributed by atoms with Gasteiger partial charge in [-0.1, -0.05) is 25.0 Å². The van der Waals surface area contributed by atoms with Crippen molar-refractivity contribution in [3.05, 3.63) is 51.7 Å². The van der Waals surface area contributed by atoms with Gasteiger partial charge in [0.15, 0.2) is 5.11 Å². The van der Waals surface area contributed by atoms with Gasteiger partial charge < -0.3 is 11.1 Å². The fraction of sp³-hybridized carbons (Fsp3) is 0.316. The van der Waals surface area contributed by atoms with E-state index in [0.29, 0.717) is 10.6 Å². The van der Waals surface area contributed by atoms with Gasteiger partial charge in [-0.15, -0.1) is 11.3 Å². The summed E-state index contributed by atoms with van der Waals surface area (Å²) in [5.74, 6) is -1.80. The fourth-order valence-electron chi connectivity index (χ4n) is 3.22. The van der Waals surface area contributed by atoms with Gasteiger partial charge in [-0.25, -0.2) is 4.39 Å². The molecule has 27 heavy (non-hydrogen) atoms. The molecular weight excluding hydrogens is 385 g/mol. The van der Waals surface area contributed by atoms with E-state index in [1.54, 1.807) is 6.07 Å². The zero-order chi connectivity index (χ0) is 19.4. The van der Waals surface area contributed by atoms with Crippen LogP contribution in [0.3, 0.4) is 0 Å². The highest BCUT2D eigenvalue weighted by Crippen LogP contribution is 2.36. The topological polar surface area (TPSA) is 84.2 Å². The zero-order valence-electron chi connectivity index (χ0n) is 14.6. The maximum atomic E-state index is 13.7. The predicted octanol–water partition coefficient (Wildman–Crippen LogP) is 3.77. The lowest BCUT2D eigenvalue weighted by atomic mass is 9.96. The Labute approximate surface area is 166 Å². The Morgan fingerprint density at radius 2 is 1.81 bits per heavy atom. The van der Waals surface area contributed by atoms with Crippen LogP contribution in [0.1, 0.15) is 56.8 Å². The molecule has 0 radical (unpaired) electrons. The number of fused-ring (bicyclic) bond motifs is 1. The molecule has 4 N–H and O–H groups in total. The Bertz CT molecular complexity index is 895. The van der Waals surface area contributed by atoms with Crippen LogP contribution >= 0.6 is 23.6 Å². The predicted molar refractivity (Wildman–Crippen MR) is 109 cm³/mol. The molecule has 3 rings (SSSR count). The molecule has 0 fully saturated rings. The second-order valence-electron chi connectivity index (χ2n) is 6.37.